The smallest absolute Gasteiger partial charge is 0.244 e. The van der Waals surface area contributed by atoms with Crippen molar-refractivity contribution in [3.8, 4) is 12.3 Å². The van der Waals surface area contributed by atoms with Crippen molar-refractivity contribution in [2.24, 2.45) is 0 Å². The van der Waals surface area contributed by atoms with Crippen molar-refractivity contribution in [1.82, 2.24) is 0 Å². The van der Waals surface area contributed by atoms with Gasteiger partial charge in [-0.3, -0.25) is 9.69 Å². The molecule has 1 aliphatic heterocycles. The molecule has 2 N–H and O–H groups in total. The SMILES string of the molecule is C#CCN1C(=O)C(C)(CC)Sc2cc(N)ccc21. The third-order valence-electron chi connectivity index (χ3n) is 3.23. The van der Waals surface area contributed by atoms with E-state index in [1.165, 1.54) is 0 Å². The molecular formula is C14H16N2OS. The van der Waals surface area contributed by atoms with Crippen molar-refractivity contribution < 1.29 is 4.79 Å². The fourth-order valence-corrected chi connectivity index (χ4v) is 3.29. The molecule has 3 nitrogen and oxygen atoms in total. The van der Waals surface area contributed by atoms with Gasteiger partial charge in [-0.05, 0) is 31.5 Å². The molecule has 0 bridgehead atoms. The van der Waals surface area contributed by atoms with Crippen molar-refractivity contribution in [1.29, 1.82) is 0 Å². The van der Waals surface area contributed by atoms with E-state index >= 15 is 0 Å². The van der Waals surface area contributed by atoms with Gasteiger partial charge in [-0.25, -0.2) is 0 Å². The molecule has 1 aliphatic rings. The first-order valence-electron chi connectivity index (χ1n) is 5.86. The Morgan fingerprint density at radius 2 is 2.28 bits per heavy atom. The molecule has 0 fully saturated rings. The maximum Gasteiger partial charge on any atom is 0.244 e. The van der Waals surface area contributed by atoms with Crippen LogP contribution in [-0.2, 0) is 4.79 Å². The maximum atomic E-state index is 12.5. The lowest BCUT2D eigenvalue weighted by atomic mass is 10.1. The molecule has 0 spiro atoms. The summed E-state index contributed by atoms with van der Waals surface area (Å²) in [4.78, 5) is 15.2. The Hall–Kier alpha value is -1.60. The molecule has 4 heteroatoms. The summed E-state index contributed by atoms with van der Waals surface area (Å²) in [6.45, 7) is 4.26. The lowest BCUT2D eigenvalue weighted by Crippen LogP contribution is -2.48. The van der Waals surface area contributed by atoms with Gasteiger partial charge < -0.3 is 5.73 Å². The van der Waals surface area contributed by atoms with E-state index in [1.807, 2.05) is 26.0 Å². The summed E-state index contributed by atoms with van der Waals surface area (Å²) in [5, 5.41) is 0. The van der Waals surface area contributed by atoms with Gasteiger partial charge >= 0.3 is 0 Å². The molecule has 1 aromatic carbocycles. The number of benzene rings is 1. The molecular weight excluding hydrogens is 244 g/mol. The molecule has 94 valence electrons. The predicted molar refractivity (Wildman–Crippen MR) is 76.6 cm³/mol. The van der Waals surface area contributed by atoms with Gasteiger partial charge in [0.2, 0.25) is 5.91 Å². The molecule has 1 amide bonds. The first-order valence-corrected chi connectivity index (χ1v) is 6.67. The van der Waals surface area contributed by atoms with Gasteiger partial charge in [-0.2, -0.15) is 0 Å². The molecule has 1 heterocycles. The number of anilines is 2. The number of carbonyl (C=O) groups excluding carboxylic acids is 1. The van der Waals surface area contributed by atoms with Crippen LogP contribution in [0.1, 0.15) is 20.3 Å². The lowest BCUT2D eigenvalue weighted by molar-refractivity contribution is -0.120. The average molecular weight is 260 g/mol. The van der Waals surface area contributed by atoms with Crippen molar-refractivity contribution in [2.45, 2.75) is 29.9 Å². The van der Waals surface area contributed by atoms with Gasteiger partial charge in [0, 0.05) is 10.6 Å². The van der Waals surface area contributed by atoms with Crippen LogP contribution in [0.2, 0.25) is 0 Å². The third-order valence-corrected chi connectivity index (χ3v) is 4.69. The quantitative estimate of drug-likeness (QED) is 0.656. The third kappa shape index (κ3) is 1.95. The van der Waals surface area contributed by atoms with Crippen LogP contribution in [0.5, 0.6) is 0 Å². The molecule has 1 atom stereocenters. The van der Waals surface area contributed by atoms with E-state index in [-0.39, 0.29) is 5.91 Å². The summed E-state index contributed by atoms with van der Waals surface area (Å²) in [5.74, 6) is 2.62. The van der Waals surface area contributed by atoms with Crippen LogP contribution in [-0.4, -0.2) is 17.2 Å². The number of nitrogen functional groups attached to an aromatic ring is 1. The van der Waals surface area contributed by atoms with E-state index in [2.05, 4.69) is 5.92 Å². The van der Waals surface area contributed by atoms with E-state index in [9.17, 15) is 4.79 Å². The number of nitrogens with zero attached hydrogens (tertiary/aromatic N) is 1. The highest BCUT2D eigenvalue weighted by Gasteiger charge is 2.41. The second kappa shape index (κ2) is 4.58. The van der Waals surface area contributed by atoms with E-state index in [0.717, 1.165) is 17.0 Å². The Balaban J connectivity index is 2.55. The minimum Gasteiger partial charge on any atom is -0.399 e. The van der Waals surface area contributed by atoms with Gasteiger partial charge in [0.05, 0.1) is 17.0 Å². The summed E-state index contributed by atoms with van der Waals surface area (Å²) in [6, 6.07) is 5.57. The van der Waals surface area contributed by atoms with E-state index in [1.54, 1.807) is 22.7 Å². The number of hydrogen-bond acceptors (Lipinski definition) is 3. The van der Waals surface area contributed by atoms with Crippen LogP contribution in [0.15, 0.2) is 23.1 Å². The molecule has 0 saturated heterocycles. The number of amides is 1. The topological polar surface area (TPSA) is 46.3 Å². The van der Waals surface area contributed by atoms with Crippen LogP contribution in [0.25, 0.3) is 0 Å². The first-order chi connectivity index (χ1) is 8.51. The van der Waals surface area contributed by atoms with Crippen LogP contribution in [0.3, 0.4) is 0 Å². The van der Waals surface area contributed by atoms with Crippen molar-refractivity contribution >= 4 is 29.0 Å². The first kappa shape index (κ1) is 12.8. The second-order valence-electron chi connectivity index (χ2n) is 4.51. The largest absolute Gasteiger partial charge is 0.399 e. The predicted octanol–water partition coefficient (Wildman–Crippen LogP) is 2.51. The molecule has 0 aromatic heterocycles. The zero-order valence-corrected chi connectivity index (χ0v) is 11.4. The highest BCUT2D eigenvalue weighted by atomic mass is 32.2. The summed E-state index contributed by atoms with van der Waals surface area (Å²) < 4.78 is -0.461. The molecule has 0 saturated carbocycles. The Morgan fingerprint density at radius 1 is 1.56 bits per heavy atom. The molecule has 0 aliphatic carbocycles. The average Bonchev–Trinajstić information content (AvgIpc) is 2.35. The standard InChI is InChI=1S/C14H16N2OS/c1-4-8-16-11-7-6-10(15)9-12(11)18-14(3,5-2)13(16)17/h1,6-7,9H,5,8,15H2,2-3H3. The van der Waals surface area contributed by atoms with Crippen LogP contribution in [0.4, 0.5) is 11.4 Å². The maximum absolute atomic E-state index is 12.5. The van der Waals surface area contributed by atoms with E-state index in [4.69, 9.17) is 12.2 Å². The summed E-state index contributed by atoms with van der Waals surface area (Å²) in [7, 11) is 0. The number of terminal acetylenes is 1. The minimum atomic E-state index is -0.461. The summed E-state index contributed by atoms with van der Waals surface area (Å²) in [6.07, 6.45) is 6.12. The Bertz CT molecular complexity index is 535. The highest BCUT2D eigenvalue weighted by Crippen LogP contribution is 2.47. The van der Waals surface area contributed by atoms with Crippen molar-refractivity contribution in [2.75, 3.05) is 17.2 Å². The molecule has 2 rings (SSSR count). The molecule has 1 unspecified atom stereocenters. The van der Waals surface area contributed by atoms with Crippen LogP contribution < -0.4 is 10.6 Å². The highest BCUT2D eigenvalue weighted by molar-refractivity contribution is 8.01. The fraction of sp³-hybridized carbons (Fsp3) is 0.357. The Morgan fingerprint density at radius 3 is 2.89 bits per heavy atom. The van der Waals surface area contributed by atoms with Gasteiger partial charge in [0.25, 0.3) is 0 Å². The Labute approximate surface area is 112 Å². The number of rotatable bonds is 2. The van der Waals surface area contributed by atoms with E-state index in [0.29, 0.717) is 12.2 Å². The van der Waals surface area contributed by atoms with Gasteiger partial charge in [0.15, 0.2) is 0 Å². The second-order valence-corrected chi connectivity index (χ2v) is 6.05. The monoisotopic (exact) mass is 260 g/mol. The fourth-order valence-electron chi connectivity index (χ4n) is 1.99. The van der Waals surface area contributed by atoms with Crippen molar-refractivity contribution in [3.63, 3.8) is 0 Å². The van der Waals surface area contributed by atoms with Crippen molar-refractivity contribution in [3.05, 3.63) is 18.2 Å². The number of thioether (sulfide) groups is 1. The number of carbonyl (C=O) groups is 1. The van der Waals surface area contributed by atoms with Crippen LogP contribution >= 0.6 is 11.8 Å². The summed E-state index contributed by atoms with van der Waals surface area (Å²) in [5.41, 5.74) is 7.38. The van der Waals surface area contributed by atoms with Crippen LogP contribution in [0, 0.1) is 12.3 Å². The summed E-state index contributed by atoms with van der Waals surface area (Å²) >= 11 is 1.57. The number of nitrogens with two attached hydrogens (primary N) is 1. The van der Waals surface area contributed by atoms with Gasteiger partial charge in [-0.15, -0.1) is 18.2 Å². The zero-order valence-electron chi connectivity index (χ0n) is 10.6. The van der Waals surface area contributed by atoms with E-state index < -0.39 is 4.75 Å². The lowest BCUT2D eigenvalue weighted by Gasteiger charge is -2.38. The normalized spacial score (nSPS) is 22.5. The minimum absolute atomic E-state index is 0.0743. The molecule has 0 radical (unpaired) electrons. The Kier molecular flexibility index (Phi) is 3.27. The number of hydrogen-bond donors (Lipinski definition) is 1. The molecule has 1 aromatic rings. The van der Waals surface area contributed by atoms with Gasteiger partial charge in [-0.1, -0.05) is 12.8 Å². The zero-order chi connectivity index (χ0) is 13.3. The number of fused-ring (bicyclic) bond motifs is 1. The molecule has 18 heavy (non-hydrogen) atoms. The van der Waals surface area contributed by atoms with Gasteiger partial charge in [0.1, 0.15) is 0 Å².